The maximum atomic E-state index is 11.5. The molecule has 3 nitrogen and oxygen atoms in total. The monoisotopic (exact) mass is 268 g/mol. The molecule has 1 aromatic heterocycles. The van der Waals surface area contributed by atoms with E-state index in [1.54, 1.807) is 6.20 Å². The average Bonchev–Trinajstić information content (AvgIpc) is 2.56. The molecule has 3 rings (SSSR count). The van der Waals surface area contributed by atoms with E-state index in [2.05, 4.69) is 10.3 Å². The van der Waals surface area contributed by atoms with Gasteiger partial charge in [-0.05, 0) is 43.6 Å². The van der Waals surface area contributed by atoms with Gasteiger partial charge in [-0.3, -0.25) is 4.98 Å². The van der Waals surface area contributed by atoms with Gasteiger partial charge in [-0.25, -0.2) is 0 Å². The molecule has 0 radical (unpaired) electrons. The van der Waals surface area contributed by atoms with E-state index in [1.807, 2.05) is 48.5 Å². The zero-order valence-corrected chi connectivity index (χ0v) is 11.5. The molecule has 2 N–H and O–H groups in total. The molecule has 1 atom stereocenters. The summed E-state index contributed by atoms with van der Waals surface area (Å²) < 4.78 is 0. The van der Waals surface area contributed by atoms with E-state index in [4.69, 9.17) is 0 Å². The summed E-state index contributed by atoms with van der Waals surface area (Å²) in [5.74, 6) is 0.195. The molecule has 1 aromatic carbocycles. The summed E-state index contributed by atoms with van der Waals surface area (Å²) in [5, 5.41) is 14.8. The van der Waals surface area contributed by atoms with E-state index in [0.717, 1.165) is 37.2 Å². The van der Waals surface area contributed by atoms with Crippen molar-refractivity contribution < 1.29 is 5.11 Å². The number of nitrogens with one attached hydrogen (secondary N) is 1. The number of benzene rings is 1. The van der Waals surface area contributed by atoms with Gasteiger partial charge in [0.1, 0.15) is 5.60 Å². The maximum absolute atomic E-state index is 11.5. The predicted molar refractivity (Wildman–Crippen MR) is 79.3 cm³/mol. The van der Waals surface area contributed by atoms with Crippen molar-refractivity contribution >= 4 is 0 Å². The van der Waals surface area contributed by atoms with E-state index in [-0.39, 0.29) is 5.92 Å². The highest BCUT2D eigenvalue weighted by Crippen LogP contribution is 2.39. The van der Waals surface area contributed by atoms with E-state index < -0.39 is 5.60 Å². The van der Waals surface area contributed by atoms with Crippen LogP contribution >= 0.6 is 0 Å². The van der Waals surface area contributed by atoms with Crippen LogP contribution in [0.3, 0.4) is 0 Å². The summed E-state index contributed by atoms with van der Waals surface area (Å²) in [6, 6.07) is 15.7. The molecule has 0 saturated carbocycles. The molecule has 104 valence electrons. The molecule has 2 aromatic rings. The Morgan fingerprint density at radius 1 is 1.00 bits per heavy atom. The first-order chi connectivity index (χ1) is 9.82. The number of aromatic nitrogens is 1. The largest absolute Gasteiger partial charge is 0.378 e. The Kier molecular flexibility index (Phi) is 3.81. The summed E-state index contributed by atoms with van der Waals surface area (Å²) in [5.41, 5.74) is 0.689. The maximum Gasteiger partial charge on any atom is 0.134 e. The van der Waals surface area contributed by atoms with Crippen LogP contribution in [0.1, 0.15) is 24.1 Å². The first kappa shape index (κ1) is 13.3. The number of piperidine rings is 1. The number of pyridine rings is 1. The lowest BCUT2D eigenvalue weighted by atomic mass is 9.74. The summed E-state index contributed by atoms with van der Waals surface area (Å²) in [4.78, 5) is 4.43. The van der Waals surface area contributed by atoms with E-state index >= 15 is 0 Å². The lowest BCUT2D eigenvalue weighted by Crippen LogP contribution is -2.43. The number of aliphatic hydroxyl groups is 1. The fraction of sp³-hybridized carbons (Fsp3) is 0.353. The van der Waals surface area contributed by atoms with Crippen molar-refractivity contribution in [1.82, 2.24) is 10.3 Å². The third-order valence-electron chi connectivity index (χ3n) is 4.20. The van der Waals surface area contributed by atoms with Crippen LogP contribution in [0.4, 0.5) is 0 Å². The highest BCUT2D eigenvalue weighted by molar-refractivity contribution is 5.33. The molecule has 20 heavy (non-hydrogen) atoms. The van der Waals surface area contributed by atoms with Crippen molar-refractivity contribution in [3.05, 3.63) is 66.0 Å². The van der Waals surface area contributed by atoms with Gasteiger partial charge in [-0.15, -0.1) is 0 Å². The standard InChI is InChI=1S/C17H20N2O/c20-17(14-6-2-1-3-7-14,15-9-12-18-13-10-15)16-8-4-5-11-19-16/h1-8,11,15,18,20H,9-10,12-13H2. The summed E-state index contributed by atoms with van der Waals surface area (Å²) >= 11 is 0. The first-order valence-electron chi connectivity index (χ1n) is 7.22. The summed E-state index contributed by atoms with van der Waals surface area (Å²) in [7, 11) is 0. The van der Waals surface area contributed by atoms with Crippen molar-refractivity contribution in [3.63, 3.8) is 0 Å². The van der Waals surface area contributed by atoms with Gasteiger partial charge in [0.05, 0.1) is 5.69 Å². The van der Waals surface area contributed by atoms with Gasteiger partial charge in [0.15, 0.2) is 0 Å². The second-order valence-electron chi connectivity index (χ2n) is 5.37. The topological polar surface area (TPSA) is 45.2 Å². The molecular formula is C17H20N2O. The van der Waals surface area contributed by atoms with Crippen LogP contribution in [0.5, 0.6) is 0 Å². The van der Waals surface area contributed by atoms with Crippen LogP contribution in [0.15, 0.2) is 54.7 Å². The smallest absolute Gasteiger partial charge is 0.134 e. The minimum atomic E-state index is -0.995. The van der Waals surface area contributed by atoms with Gasteiger partial charge in [0.2, 0.25) is 0 Å². The molecule has 1 aliphatic heterocycles. The molecule has 0 spiro atoms. The fourth-order valence-corrected chi connectivity index (χ4v) is 3.11. The second-order valence-corrected chi connectivity index (χ2v) is 5.37. The molecular weight excluding hydrogens is 248 g/mol. The van der Waals surface area contributed by atoms with Gasteiger partial charge in [0, 0.05) is 12.1 Å². The molecule has 2 heterocycles. The van der Waals surface area contributed by atoms with Crippen molar-refractivity contribution in [2.24, 2.45) is 5.92 Å². The Morgan fingerprint density at radius 3 is 2.35 bits per heavy atom. The molecule has 0 amide bonds. The molecule has 0 aliphatic carbocycles. The molecule has 3 heteroatoms. The quantitative estimate of drug-likeness (QED) is 0.898. The van der Waals surface area contributed by atoms with Gasteiger partial charge in [-0.1, -0.05) is 36.4 Å². The third kappa shape index (κ3) is 2.35. The highest BCUT2D eigenvalue weighted by atomic mass is 16.3. The third-order valence-corrected chi connectivity index (χ3v) is 4.20. The van der Waals surface area contributed by atoms with Crippen LogP contribution in [0, 0.1) is 5.92 Å². The average molecular weight is 268 g/mol. The SMILES string of the molecule is OC(c1ccccc1)(c1ccccn1)C1CCNCC1. The van der Waals surface area contributed by atoms with Crippen molar-refractivity contribution in [3.8, 4) is 0 Å². The Hall–Kier alpha value is -1.71. The second kappa shape index (κ2) is 5.73. The van der Waals surface area contributed by atoms with Gasteiger partial charge < -0.3 is 10.4 Å². The Morgan fingerprint density at radius 2 is 1.70 bits per heavy atom. The van der Waals surface area contributed by atoms with Crippen LogP contribution in [0.2, 0.25) is 0 Å². The first-order valence-corrected chi connectivity index (χ1v) is 7.22. The van der Waals surface area contributed by atoms with Gasteiger partial charge >= 0.3 is 0 Å². The Labute approximate surface area is 119 Å². The number of nitrogens with zero attached hydrogens (tertiary/aromatic N) is 1. The predicted octanol–water partition coefficient (Wildman–Crippen LogP) is 2.32. The van der Waals surface area contributed by atoms with Crippen LogP contribution in [-0.4, -0.2) is 23.2 Å². The van der Waals surface area contributed by atoms with Crippen molar-refractivity contribution in [2.75, 3.05) is 13.1 Å². The summed E-state index contributed by atoms with van der Waals surface area (Å²) in [6.07, 6.45) is 3.67. The zero-order chi connectivity index (χ0) is 13.8. The van der Waals surface area contributed by atoms with Crippen LogP contribution in [0.25, 0.3) is 0 Å². The lowest BCUT2D eigenvalue weighted by molar-refractivity contribution is -0.00141. The van der Waals surface area contributed by atoms with E-state index in [1.165, 1.54) is 0 Å². The molecule has 0 bridgehead atoms. The van der Waals surface area contributed by atoms with Crippen LogP contribution in [-0.2, 0) is 5.60 Å². The number of rotatable bonds is 3. The minimum absolute atomic E-state index is 0.195. The molecule has 1 aliphatic rings. The number of hydrogen-bond donors (Lipinski definition) is 2. The van der Waals surface area contributed by atoms with Crippen molar-refractivity contribution in [1.29, 1.82) is 0 Å². The Bertz CT molecular complexity index is 496. The Balaban J connectivity index is 2.07. The minimum Gasteiger partial charge on any atom is -0.378 e. The van der Waals surface area contributed by atoms with Crippen LogP contribution < -0.4 is 5.32 Å². The van der Waals surface area contributed by atoms with Gasteiger partial charge in [0.25, 0.3) is 0 Å². The lowest BCUT2D eigenvalue weighted by Gasteiger charge is -2.38. The highest BCUT2D eigenvalue weighted by Gasteiger charge is 2.41. The fourth-order valence-electron chi connectivity index (χ4n) is 3.11. The van der Waals surface area contributed by atoms with E-state index in [0.29, 0.717) is 0 Å². The zero-order valence-electron chi connectivity index (χ0n) is 11.5. The van der Waals surface area contributed by atoms with E-state index in [9.17, 15) is 5.11 Å². The molecule has 1 unspecified atom stereocenters. The van der Waals surface area contributed by atoms with Crippen molar-refractivity contribution in [2.45, 2.75) is 18.4 Å². The normalized spacial score (nSPS) is 19.4. The van der Waals surface area contributed by atoms with Gasteiger partial charge in [-0.2, -0.15) is 0 Å². The number of hydrogen-bond acceptors (Lipinski definition) is 3. The molecule has 1 saturated heterocycles. The molecule has 1 fully saturated rings. The summed E-state index contributed by atoms with van der Waals surface area (Å²) in [6.45, 7) is 1.90.